The van der Waals surface area contributed by atoms with Crippen LogP contribution in [0.5, 0.6) is 0 Å². The van der Waals surface area contributed by atoms with Gasteiger partial charge in [0.25, 0.3) is 5.91 Å². The number of amides is 1. The number of carbonyl (C=O) groups is 2. The van der Waals surface area contributed by atoms with E-state index in [2.05, 4.69) is 26.5 Å². The number of hydrazone groups is 1. The van der Waals surface area contributed by atoms with Gasteiger partial charge >= 0.3 is 5.97 Å². The predicted octanol–water partition coefficient (Wildman–Crippen LogP) is 3.10. The van der Waals surface area contributed by atoms with Crippen molar-refractivity contribution in [2.75, 3.05) is 18.6 Å². The van der Waals surface area contributed by atoms with Crippen molar-refractivity contribution >= 4 is 39.2 Å². The van der Waals surface area contributed by atoms with Gasteiger partial charge in [-0.05, 0) is 45.4 Å². The number of halogens is 1. The first-order valence-electron chi connectivity index (χ1n) is 7.95. The van der Waals surface area contributed by atoms with Gasteiger partial charge in [-0.25, -0.2) is 9.86 Å². The SMILES string of the molecule is CCOC(=O)/C(C)=N/Nc1ccc(CN2OCC(C)(C)C2=O)c(Br)c1. The average Bonchev–Trinajstić information content (AvgIpc) is 2.82. The fourth-order valence-electron chi connectivity index (χ4n) is 2.14. The largest absolute Gasteiger partial charge is 0.461 e. The standard InChI is InChI=1S/C17H22BrN3O4/c1-5-24-15(22)11(2)19-20-13-7-6-12(14(18)8-13)9-21-16(23)17(3,4)10-25-21/h6-8,20H,5,9-10H2,1-4H3/b19-11+. The number of esters is 1. The zero-order valence-corrected chi connectivity index (χ0v) is 16.3. The van der Waals surface area contributed by atoms with Gasteiger partial charge in [0.1, 0.15) is 5.71 Å². The molecule has 0 aromatic heterocycles. The van der Waals surface area contributed by atoms with E-state index in [0.29, 0.717) is 25.4 Å². The van der Waals surface area contributed by atoms with E-state index in [1.807, 2.05) is 32.0 Å². The molecule has 0 saturated carbocycles. The third-order valence-corrected chi connectivity index (χ3v) is 4.42. The predicted molar refractivity (Wildman–Crippen MR) is 97.8 cm³/mol. The third kappa shape index (κ3) is 4.79. The normalized spacial score (nSPS) is 16.9. The van der Waals surface area contributed by atoms with Crippen molar-refractivity contribution in [1.29, 1.82) is 0 Å². The molecule has 25 heavy (non-hydrogen) atoms. The minimum atomic E-state index is -0.493. The van der Waals surface area contributed by atoms with E-state index in [9.17, 15) is 9.59 Å². The number of hydroxylamine groups is 2. The van der Waals surface area contributed by atoms with Crippen LogP contribution in [0.3, 0.4) is 0 Å². The van der Waals surface area contributed by atoms with Gasteiger partial charge in [-0.15, -0.1) is 0 Å². The summed E-state index contributed by atoms with van der Waals surface area (Å²) >= 11 is 3.49. The van der Waals surface area contributed by atoms with Crippen molar-refractivity contribution in [1.82, 2.24) is 5.06 Å². The Labute approximate surface area is 155 Å². The van der Waals surface area contributed by atoms with Gasteiger partial charge in [-0.3, -0.25) is 15.1 Å². The number of hydrogen-bond acceptors (Lipinski definition) is 6. The first-order chi connectivity index (χ1) is 11.7. The Morgan fingerprint density at radius 2 is 2.20 bits per heavy atom. The van der Waals surface area contributed by atoms with Crippen LogP contribution in [-0.4, -0.2) is 35.9 Å². The number of ether oxygens (including phenoxy) is 1. The molecule has 8 heteroatoms. The summed E-state index contributed by atoms with van der Waals surface area (Å²) in [6.45, 7) is 8.08. The fourth-order valence-corrected chi connectivity index (χ4v) is 2.65. The summed E-state index contributed by atoms with van der Waals surface area (Å²) in [6, 6.07) is 5.50. The van der Waals surface area contributed by atoms with Gasteiger partial charge in [0.2, 0.25) is 0 Å². The minimum Gasteiger partial charge on any atom is -0.461 e. The lowest BCUT2D eigenvalue weighted by atomic mass is 9.95. The molecule has 0 radical (unpaired) electrons. The van der Waals surface area contributed by atoms with E-state index < -0.39 is 11.4 Å². The van der Waals surface area contributed by atoms with Gasteiger partial charge in [-0.2, -0.15) is 5.10 Å². The highest BCUT2D eigenvalue weighted by Gasteiger charge is 2.40. The summed E-state index contributed by atoms with van der Waals surface area (Å²) < 4.78 is 5.67. The van der Waals surface area contributed by atoms with Gasteiger partial charge in [0.05, 0.1) is 30.9 Å². The molecule has 0 unspecified atom stereocenters. The molecular formula is C17H22BrN3O4. The molecule has 0 bridgehead atoms. The van der Waals surface area contributed by atoms with E-state index in [4.69, 9.17) is 9.57 Å². The molecule has 1 aromatic rings. The van der Waals surface area contributed by atoms with Crippen LogP contribution in [0.25, 0.3) is 0 Å². The van der Waals surface area contributed by atoms with Crippen molar-refractivity contribution < 1.29 is 19.2 Å². The lowest BCUT2D eigenvalue weighted by Gasteiger charge is -2.17. The summed E-state index contributed by atoms with van der Waals surface area (Å²) in [5.74, 6) is -0.491. The van der Waals surface area contributed by atoms with Gasteiger partial charge in [0.15, 0.2) is 0 Å². The summed E-state index contributed by atoms with van der Waals surface area (Å²) in [6.07, 6.45) is 0. The Bertz CT molecular complexity index is 703. The maximum atomic E-state index is 12.2. The van der Waals surface area contributed by atoms with Gasteiger partial charge in [0, 0.05) is 4.47 Å². The highest BCUT2D eigenvalue weighted by Crippen LogP contribution is 2.30. The second-order valence-corrected chi connectivity index (χ2v) is 7.19. The monoisotopic (exact) mass is 411 g/mol. The van der Waals surface area contributed by atoms with Crippen LogP contribution in [0.1, 0.15) is 33.3 Å². The highest BCUT2D eigenvalue weighted by atomic mass is 79.9. The van der Waals surface area contributed by atoms with Gasteiger partial charge < -0.3 is 4.74 Å². The van der Waals surface area contributed by atoms with Crippen LogP contribution in [-0.2, 0) is 25.7 Å². The smallest absolute Gasteiger partial charge is 0.354 e. The van der Waals surface area contributed by atoms with Crippen molar-refractivity contribution in [2.45, 2.75) is 34.2 Å². The number of anilines is 1. The maximum absolute atomic E-state index is 12.2. The zero-order valence-electron chi connectivity index (χ0n) is 14.8. The molecule has 0 atom stereocenters. The Morgan fingerprint density at radius 1 is 1.48 bits per heavy atom. The quantitative estimate of drug-likeness (QED) is 0.441. The van der Waals surface area contributed by atoms with Gasteiger partial charge in [-0.1, -0.05) is 22.0 Å². The lowest BCUT2D eigenvalue weighted by molar-refractivity contribution is -0.165. The minimum absolute atomic E-state index is 0.0312. The molecule has 0 aliphatic carbocycles. The lowest BCUT2D eigenvalue weighted by Crippen LogP contribution is -2.30. The molecular weight excluding hydrogens is 390 g/mol. The number of nitrogens with one attached hydrogen (secondary N) is 1. The summed E-state index contributed by atoms with van der Waals surface area (Å²) in [5.41, 5.74) is 4.16. The third-order valence-electron chi connectivity index (χ3n) is 3.68. The number of nitrogens with zero attached hydrogens (tertiary/aromatic N) is 2. The van der Waals surface area contributed by atoms with Crippen LogP contribution >= 0.6 is 15.9 Å². The van der Waals surface area contributed by atoms with Crippen LogP contribution in [0.4, 0.5) is 5.69 Å². The Kier molecular flexibility index (Phi) is 6.18. The Hall–Kier alpha value is -1.93. The number of benzene rings is 1. The fraction of sp³-hybridized carbons (Fsp3) is 0.471. The van der Waals surface area contributed by atoms with Crippen LogP contribution in [0.15, 0.2) is 27.8 Å². The molecule has 136 valence electrons. The molecule has 1 aliphatic rings. The van der Waals surface area contributed by atoms with Crippen LogP contribution in [0, 0.1) is 5.41 Å². The van der Waals surface area contributed by atoms with Crippen molar-refractivity contribution in [3.63, 3.8) is 0 Å². The second kappa shape index (κ2) is 7.97. The van der Waals surface area contributed by atoms with Crippen molar-refractivity contribution in [3.05, 3.63) is 28.2 Å². The molecule has 1 aromatic carbocycles. The van der Waals surface area contributed by atoms with E-state index in [0.717, 1.165) is 10.0 Å². The summed E-state index contributed by atoms with van der Waals surface area (Å²) in [5, 5.41) is 5.39. The highest BCUT2D eigenvalue weighted by molar-refractivity contribution is 9.10. The van der Waals surface area contributed by atoms with E-state index in [1.165, 1.54) is 5.06 Å². The van der Waals surface area contributed by atoms with Crippen LogP contribution < -0.4 is 5.43 Å². The maximum Gasteiger partial charge on any atom is 0.354 e. The van der Waals surface area contributed by atoms with E-state index >= 15 is 0 Å². The van der Waals surface area contributed by atoms with E-state index in [-0.39, 0.29) is 11.6 Å². The molecule has 1 fully saturated rings. The topological polar surface area (TPSA) is 80.2 Å². The summed E-state index contributed by atoms with van der Waals surface area (Å²) in [4.78, 5) is 29.2. The molecule has 0 spiro atoms. The molecule has 1 saturated heterocycles. The zero-order chi connectivity index (χ0) is 18.6. The molecule has 7 nitrogen and oxygen atoms in total. The molecule has 1 heterocycles. The van der Waals surface area contributed by atoms with Crippen LogP contribution in [0.2, 0.25) is 0 Å². The Morgan fingerprint density at radius 3 is 2.76 bits per heavy atom. The molecule has 1 N–H and O–H groups in total. The van der Waals surface area contributed by atoms with Crippen molar-refractivity contribution in [2.24, 2.45) is 10.5 Å². The first-order valence-corrected chi connectivity index (χ1v) is 8.74. The number of hydrogen-bond donors (Lipinski definition) is 1. The van der Waals surface area contributed by atoms with E-state index in [1.54, 1.807) is 13.8 Å². The first kappa shape index (κ1) is 19.4. The Balaban J connectivity index is 2.02. The average molecular weight is 412 g/mol. The van der Waals surface area contributed by atoms with Crippen molar-refractivity contribution in [3.8, 4) is 0 Å². The summed E-state index contributed by atoms with van der Waals surface area (Å²) in [7, 11) is 0. The second-order valence-electron chi connectivity index (χ2n) is 6.33. The number of carbonyl (C=O) groups excluding carboxylic acids is 2. The number of rotatable bonds is 6. The molecule has 1 amide bonds. The molecule has 2 rings (SSSR count). The molecule has 1 aliphatic heterocycles.